The van der Waals surface area contributed by atoms with Crippen LogP contribution in [-0.2, 0) is 81.6 Å². The maximum atomic E-state index is 7.05. The second-order valence-electron chi connectivity index (χ2n) is 22.9. The maximum absolute atomic E-state index is 7.05. The molecule has 35 nitrogen and oxygen atoms in total. The van der Waals surface area contributed by atoms with Crippen molar-refractivity contribution >= 4 is 619 Å². The van der Waals surface area contributed by atoms with Gasteiger partial charge in [0.2, 0.25) is 65.2 Å². The van der Waals surface area contributed by atoms with Crippen molar-refractivity contribution < 1.29 is 153 Å². The van der Waals surface area contributed by atoms with Crippen LogP contribution in [0.4, 0.5) is 0 Å². The van der Waals surface area contributed by atoms with Crippen LogP contribution in [0.1, 0.15) is 206 Å². The number of unbranched alkanes of at least 4 members (excludes halogenated alkanes) is 9. The average molecular weight is 2430 g/mol. The second kappa shape index (κ2) is 169. The van der Waals surface area contributed by atoms with Crippen molar-refractivity contribution in [2.24, 2.45) is 0 Å². The van der Waals surface area contributed by atoms with Crippen LogP contribution in [0.3, 0.4) is 0 Å². The standard InChI is InChI=1S/C18H42O9Si4.2C8H18O5Si2.C4H9O3Si.4C2H5.32Al.13H2O.64H/c1-7-11-15-28(19,23-5)25-30(21,17-13-9-3)27-31(22,18-14-10-4)26-29(20,24-6)16-12-8-2;2*1-3-5-7-14(9,10)13-15(11,12)8-6-4-2;1-2-3-4-8(5,6)7;4*1-2;;;;;;;;;;;;;;;;;;;;;;;;;;;;;;;;;;;;;;;;;;;;;;;;;;;;;;;;;;;;;;;;;;;;;;;;;;;;;;;;;;;;;;;;;;;;;;;;;;;;;;;;;;;;;/h7-18H2,1-6H3;2*3-8H2,1-2H3;2-4H2,1H3;4*1H2,2H3;;;;;;;;;;;;;;;;;;;;;;;;;;;;;;;;;13*1H2;;;;;;;;;;;;;;;;;;;;;;;;;;;;;;;;;;;;;;;;;;;;;;;;;;;;;;;;;;;;;;;;/q3*-4;-3;;;;;;;;;;;;;;;;;;;;;;15*+1;;;;;;;;;;;;;;;;;;;;;;;;;;;;;;;;;;;;;;;;;;;;;;;;;;;;;;;;;;;;;;;;;;;;;;;;;;;;;/p-2. The van der Waals surface area contributed by atoms with Crippen molar-refractivity contribution in [3.8, 4) is 0 Å². The highest BCUT2D eigenvalue weighted by Gasteiger charge is 2.59. The van der Waals surface area contributed by atoms with Crippen molar-refractivity contribution in [1.29, 1.82) is 0 Å². The Morgan fingerprint density at radius 2 is 0.246 bits per heavy atom. The van der Waals surface area contributed by atoms with Crippen molar-refractivity contribution in [2.45, 2.75) is 281 Å². The number of hydrogen-bond acceptors (Lipinski definition) is 24. The molecule has 0 aliphatic carbocycles. The molecule has 0 aromatic rings. The summed E-state index contributed by atoms with van der Waals surface area (Å²) in [6, 6.07) is 7.48. The fraction of sp³-hybridized carbons (Fsp3) is 1.00. The van der Waals surface area contributed by atoms with Gasteiger partial charge in [-0.2, -0.15) is 0 Å². The summed E-state index contributed by atoms with van der Waals surface area (Å²) in [6.45, 7) is 28.3. The van der Waals surface area contributed by atoms with Crippen LogP contribution in [0, 0.1) is 0 Å². The zero-order valence-electron chi connectivity index (χ0n) is 88.8. The molecule has 0 aromatic carbocycles. The zero-order valence-corrected chi connectivity index (χ0v) is 162. The van der Waals surface area contributed by atoms with Gasteiger partial charge in [0, 0.05) is 68.6 Å². The molecule has 76 heteroatoms. The first-order valence-electron chi connectivity index (χ1n) is 36.7. The fourth-order valence-corrected chi connectivity index (χ4v) is 75.1. The third-order valence-corrected chi connectivity index (χ3v) is 74.1. The van der Waals surface area contributed by atoms with E-state index in [2.05, 4.69) is 90.0 Å². The molecule has 0 amide bonds. The lowest BCUT2D eigenvalue weighted by molar-refractivity contribution is 0.110. The van der Waals surface area contributed by atoms with Crippen LogP contribution in [0.5, 0.6) is 0 Å². The molecular weight excluding hydrogens is 2230 g/mol. The lowest BCUT2D eigenvalue weighted by Crippen LogP contribution is -2.66. The van der Waals surface area contributed by atoms with Crippen molar-refractivity contribution in [2.75, 3.05) is 14.2 Å². The summed E-state index contributed by atoms with van der Waals surface area (Å²) in [6.07, 6.45) is 19.1. The van der Waals surface area contributed by atoms with Gasteiger partial charge >= 0.3 is 329 Å². The SMILES string of the molecule is CCCC[Si](OC)([O][AlH2])O[Si](CCCC)([O][AlH2])O[Si](CCCC)([O][AlH2])O[Si](CCCC)(OC)[O][AlH2].CCCC[Si]([O][AlH2])([O][AlH2])O[Si](CCCC)([O][AlH2])[O][AlH2].CCCC[Si]([O][AlH2])([O][AlH2])O[Si](CCCC)([O][AlH2])[O][AlH2].CCCC[Si]([O][AlH2])([O][AlH2])[O][AlH2].C[CH2][AlH2].C[CH2][AlH2].C[CH2][AlH2].C[CH2][AlH2].O.O.O.O.O.O.O.O.O.O.O.[AlH2].[AlH2].[AlH2].[AlH2].[AlH2].[AlH2].[AlH2].[AlH2].[AlH2].[AlH2].[AlH2].[AlH2].[AlH2].[OH-].[OH-]. The van der Waals surface area contributed by atoms with Gasteiger partial charge in [0.05, 0.1) is 0 Å². The largest absolute Gasteiger partial charge is 0.870 e. The van der Waals surface area contributed by atoms with E-state index in [1.54, 1.807) is 14.2 Å². The summed E-state index contributed by atoms with van der Waals surface area (Å²) >= 11 is 14.8. The van der Waals surface area contributed by atoms with E-state index >= 15 is 0 Å². The maximum Gasteiger partial charge on any atom is 0.463 e. The van der Waals surface area contributed by atoms with Gasteiger partial charge in [-0.1, -0.05) is 148 Å². The van der Waals surface area contributed by atoms with Crippen molar-refractivity contribution in [1.82, 2.24) is 0 Å². The van der Waals surface area contributed by atoms with E-state index in [0.29, 0.717) is 212 Å². The van der Waals surface area contributed by atoms with Gasteiger partial charge in [0.25, 0.3) is 0 Å². The monoisotopic (exact) mass is 2420 g/mol. The quantitative estimate of drug-likeness (QED) is 0.0510. The molecule has 24 N–H and O–H groups in total. The average Bonchev–Trinajstić information content (AvgIpc) is 0.781. The lowest BCUT2D eigenvalue weighted by atomic mass is 10.4. The Hall–Kier alpha value is 17.6. The van der Waals surface area contributed by atoms with E-state index in [4.69, 9.17) is 81.6 Å². The third kappa shape index (κ3) is 125. The van der Waals surface area contributed by atoms with Crippen LogP contribution in [0.15, 0.2) is 0 Å². The first kappa shape index (κ1) is 240. The molecule has 13 radical (unpaired) electrons. The van der Waals surface area contributed by atoms with Crippen LogP contribution in [-0.4, -0.2) is 705 Å². The summed E-state index contributed by atoms with van der Waals surface area (Å²) in [5, 5.41) is 5.56. The van der Waals surface area contributed by atoms with Gasteiger partial charge in [0.1, 0.15) is 226 Å². The first-order chi connectivity index (χ1) is 45.8. The molecule has 0 aliphatic heterocycles. The molecule has 0 bridgehead atoms. The minimum absolute atomic E-state index is 0. The van der Waals surface area contributed by atoms with E-state index in [0.717, 1.165) is 195 Å². The minimum atomic E-state index is -3.23. The van der Waals surface area contributed by atoms with Crippen LogP contribution in [0.25, 0.3) is 0 Å². The van der Waals surface area contributed by atoms with Crippen LogP contribution in [0.2, 0.25) is 75.5 Å². The molecule has 4 atom stereocenters. The summed E-state index contributed by atoms with van der Waals surface area (Å²) in [4.78, 5) is 0. The molecule has 0 aliphatic rings. The summed E-state index contributed by atoms with van der Waals surface area (Å²) < 4.78 is 133. The zero-order chi connectivity index (χ0) is 76.0. The van der Waals surface area contributed by atoms with Crippen LogP contribution < -0.4 is 0 Å². The van der Waals surface area contributed by atoms with E-state index in [9.17, 15) is 0 Å². The van der Waals surface area contributed by atoms with Gasteiger partial charge in [-0.25, -0.2) is 0 Å². The van der Waals surface area contributed by atoms with Gasteiger partial charge in [-0.15, -0.1) is 21.1 Å². The van der Waals surface area contributed by atoms with Crippen molar-refractivity contribution in [3.63, 3.8) is 0 Å². The summed E-state index contributed by atoms with van der Waals surface area (Å²) in [5.74, 6) is 0. The highest BCUT2D eigenvalue weighted by Crippen LogP contribution is 2.36. The molecule has 0 rings (SSSR count). The number of hydrogen-bond donors (Lipinski definition) is 0. The normalized spacial score (nSPS) is 11.0. The summed E-state index contributed by atoms with van der Waals surface area (Å²) in [7, 11) is -21.1. The molecule has 0 saturated heterocycles. The molecule has 4 unspecified atom stereocenters. The Morgan fingerprint density at radius 1 is 0.164 bits per heavy atom. The Balaban J connectivity index is -0.0000000247. The molecule has 122 heavy (non-hydrogen) atoms. The van der Waals surface area contributed by atoms with Gasteiger partial charge in [-0.05, 0) is 57.8 Å². The summed E-state index contributed by atoms with van der Waals surface area (Å²) in [5.41, 5.74) is 0. The van der Waals surface area contributed by atoms with Gasteiger partial charge in [0.15, 0.2) is 0 Å². The highest BCUT2D eigenvalue weighted by atomic mass is 28.5. The topological polar surface area (TPSA) is 610 Å². The molecule has 0 saturated carbocycles. The molecule has 0 fully saturated rings. The molecule has 0 heterocycles. The Kier molecular flexibility index (Phi) is 333. The molecule has 0 spiro atoms. The van der Waals surface area contributed by atoms with Crippen molar-refractivity contribution in [3.05, 3.63) is 0 Å². The van der Waals surface area contributed by atoms with Gasteiger partial charge in [-0.3, -0.25) is 0 Å². The number of rotatable bonds is 54. The van der Waals surface area contributed by atoms with E-state index in [1.807, 2.05) is 0 Å². The Bertz CT molecular complexity index is 1470. The fourth-order valence-electron chi connectivity index (χ4n) is 8.43. The van der Waals surface area contributed by atoms with E-state index in [1.165, 1.54) is 99.1 Å². The molecule has 723 valence electrons. The lowest BCUT2D eigenvalue weighted by Gasteiger charge is -2.45. The predicted molar refractivity (Wildman–Crippen MR) is 624 cm³/mol. The van der Waals surface area contributed by atoms with E-state index < -0.39 is 79.2 Å². The minimum Gasteiger partial charge on any atom is -0.870 e. The van der Waals surface area contributed by atoms with Crippen LogP contribution >= 0.6 is 0 Å². The highest BCUT2D eigenvalue weighted by molar-refractivity contribution is 6.86. The Morgan fingerprint density at radius 3 is 0.344 bits per heavy atom. The van der Waals surface area contributed by atoms with Gasteiger partial charge < -0.3 is 153 Å². The van der Waals surface area contributed by atoms with E-state index in [-0.39, 0.29) is 297 Å². The molecule has 0 aromatic heterocycles. The molecular formula is C46H195Al32O35Si9-2. The predicted octanol–water partition coefficient (Wildman–Crippen LogP) is -23.7. The smallest absolute Gasteiger partial charge is 0.463 e. The first-order valence-corrected chi connectivity index (χ1v) is 71.9. The Labute approximate surface area is 1050 Å². The third-order valence-electron chi connectivity index (χ3n) is 14.4. The second-order valence-corrected chi connectivity index (χ2v) is 74.7.